The summed E-state index contributed by atoms with van der Waals surface area (Å²) >= 11 is 0. The maximum absolute atomic E-state index is 4.93. The van der Waals surface area contributed by atoms with Gasteiger partial charge in [0.05, 0.1) is 0 Å². The Kier molecular flexibility index (Phi) is 3.52. The molecule has 0 spiro atoms. The summed E-state index contributed by atoms with van der Waals surface area (Å²) in [6.07, 6.45) is 3.06. The summed E-state index contributed by atoms with van der Waals surface area (Å²) in [5.41, 5.74) is 2.04. The second-order valence-corrected chi connectivity index (χ2v) is 7.40. The predicted octanol–water partition coefficient (Wildman–Crippen LogP) is 3.38. The highest BCUT2D eigenvalue weighted by molar-refractivity contribution is 5.71. The molecule has 3 heterocycles. The van der Waals surface area contributed by atoms with Gasteiger partial charge in [-0.2, -0.15) is 0 Å². The Labute approximate surface area is 127 Å². The molecule has 4 nitrogen and oxygen atoms in total. The lowest BCUT2D eigenvalue weighted by Crippen LogP contribution is -2.29. The van der Waals surface area contributed by atoms with Crippen molar-refractivity contribution in [3.05, 3.63) is 24.2 Å². The van der Waals surface area contributed by atoms with E-state index in [9.17, 15) is 0 Å². The van der Waals surface area contributed by atoms with Gasteiger partial charge in [-0.3, -0.25) is 0 Å². The minimum Gasteiger partial charge on any atom is -0.307 e. The fraction of sp³-hybridized carbons (Fsp3) is 0.647. The maximum Gasteiger partial charge on any atom is 0.160 e. The van der Waals surface area contributed by atoms with Crippen LogP contribution in [0.15, 0.2) is 18.3 Å². The van der Waals surface area contributed by atoms with Crippen LogP contribution < -0.4 is 0 Å². The van der Waals surface area contributed by atoms with Gasteiger partial charge in [-0.1, -0.05) is 0 Å². The molecule has 0 saturated carbocycles. The Balaban J connectivity index is 2.06. The molecule has 0 aliphatic carbocycles. The van der Waals surface area contributed by atoms with Crippen molar-refractivity contribution in [2.24, 2.45) is 0 Å². The Morgan fingerprint density at radius 1 is 1.29 bits per heavy atom. The number of hydrogen-bond acceptors (Lipinski definition) is 3. The van der Waals surface area contributed by atoms with Crippen LogP contribution in [0.3, 0.4) is 0 Å². The van der Waals surface area contributed by atoms with Crippen LogP contribution in [0, 0.1) is 0 Å². The molecule has 0 amide bonds. The molecule has 2 aromatic rings. The van der Waals surface area contributed by atoms with Crippen molar-refractivity contribution in [3.63, 3.8) is 0 Å². The summed E-state index contributed by atoms with van der Waals surface area (Å²) in [6, 6.07) is 4.66. The molecule has 2 aromatic heterocycles. The number of fused-ring (bicyclic) bond motifs is 1. The number of likely N-dealkylation sites (tertiary alicyclic amines) is 1. The van der Waals surface area contributed by atoms with E-state index in [4.69, 9.17) is 4.98 Å². The van der Waals surface area contributed by atoms with E-state index in [1.54, 1.807) is 0 Å². The van der Waals surface area contributed by atoms with Crippen LogP contribution in [0.1, 0.15) is 52.8 Å². The molecule has 0 aromatic carbocycles. The van der Waals surface area contributed by atoms with E-state index in [-0.39, 0.29) is 5.54 Å². The zero-order chi connectivity index (χ0) is 15.2. The quantitative estimate of drug-likeness (QED) is 0.848. The molecule has 0 radical (unpaired) electrons. The van der Waals surface area contributed by atoms with Crippen molar-refractivity contribution in [2.45, 2.75) is 58.5 Å². The highest BCUT2D eigenvalue weighted by atomic mass is 15.2. The molecule has 1 atom stereocenters. The summed E-state index contributed by atoms with van der Waals surface area (Å²) in [7, 11) is 0. The van der Waals surface area contributed by atoms with Crippen LogP contribution in [-0.2, 0) is 5.54 Å². The molecule has 0 bridgehead atoms. The van der Waals surface area contributed by atoms with Crippen LogP contribution in [0.4, 0.5) is 0 Å². The fourth-order valence-corrected chi connectivity index (χ4v) is 3.33. The van der Waals surface area contributed by atoms with Crippen LogP contribution in [0.25, 0.3) is 11.2 Å². The third kappa shape index (κ3) is 2.57. The number of nitrogens with zero attached hydrogens (tertiary/aromatic N) is 4. The first-order valence-electron chi connectivity index (χ1n) is 7.96. The van der Waals surface area contributed by atoms with E-state index in [0.29, 0.717) is 12.0 Å². The third-order valence-corrected chi connectivity index (χ3v) is 4.43. The minimum atomic E-state index is 0.00366. The van der Waals surface area contributed by atoms with Gasteiger partial charge >= 0.3 is 0 Å². The summed E-state index contributed by atoms with van der Waals surface area (Å²) in [5.74, 6) is 1.72. The monoisotopic (exact) mass is 286 g/mol. The Bertz CT molecular complexity index is 636. The number of rotatable bonds is 2. The zero-order valence-electron chi connectivity index (χ0n) is 13.8. The standard InChI is InChI=1S/C17H26N4/c1-12(2)20-10-8-13(11-20)15-19-14-7-6-9-18-16(14)21(15)17(3,4)5/h6-7,9,12-13H,8,10-11H2,1-5H3. The second kappa shape index (κ2) is 5.09. The predicted molar refractivity (Wildman–Crippen MR) is 86.6 cm³/mol. The van der Waals surface area contributed by atoms with Gasteiger partial charge in [-0.05, 0) is 59.7 Å². The number of hydrogen-bond donors (Lipinski definition) is 0. The summed E-state index contributed by atoms with van der Waals surface area (Å²) in [5, 5.41) is 0. The van der Waals surface area contributed by atoms with Gasteiger partial charge in [0.2, 0.25) is 0 Å². The van der Waals surface area contributed by atoms with Crippen LogP contribution in [0.2, 0.25) is 0 Å². The van der Waals surface area contributed by atoms with Crippen molar-refractivity contribution in [3.8, 4) is 0 Å². The summed E-state index contributed by atoms with van der Waals surface area (Å²) in [4.78, 5) is 12.1. The van der Waals surface area contributed by atoms with Gasteiger partial charge in [-0.15, -0.1) is 0 Å². The van der Waals surface area contributed by atoms with Gasteiger partial charge in [0.15, 0.2) is 5.65 Å². The molecule has 3 rings (SSSR count). The van der Waals surface area contributed by atoms with Crippen molar-refractivity contribution in [1.82, 2.24) is 19.4 Å². The largest absolute Gasteiger partial charge is 0.307 e. The van der Waals surface area contributed by atoms with Crippen molar-refractivity contribution in [1.29, 1.82) is 0 Å². The highest BCUT2D eigenvalue weighted by Gasteiger charge is 2.32. The average Bonchev–Trinajstić information content (AvgIpc) is 3.02. The lowest BCUT2D eigenvalue weighted by atomic mass is 10.0. The first kappa shape index (κ1) is 14.5. The summed E-state index contributed by atoms with van der Waals surface area (Å²) in [6.45, 7) is 13.5. The number of aromatic nitrogens is 3. The molecule has 1 fully saturated rings. The van der Waals surface area contributed by atoms with E-state index >= 15 is 0 Å². The van der Waals surface area contributed by atoms with Crippen LogP contribution in [0.5, 0.6) is 0 Å². The number of pyridine rings is 1. The number of imidazole rings is 1. The van der Waals surface area contributed by atoms with Crippen molar-refractivity contribution in [2.75, 3.05) is 13.1 Å². The molecule has 1 unspecified atom stereocenters. The third-order valence-electron chi connectivity index (χ3n) is 4.43. The Hall–Kier alpha value is -1.42. The van der Waals surface area contributed by atoms with Crippen molar-refractivity contribution >= 4 is 11.2 Å². The van der Waals surface area contributed by atoms with E-state index in [1.165, 1.54) is 18.8 Å². The molecule has 114 valence electrons. The lowest BCUT2D eigenvalue weighted by molar-refractivity contribution is 0.270. The lowest BCUT2D eigenvalue weighted by Gasteiger charge is -2.26. The molecule has 1 aliphatic rings. The van der Waals surface area contributed by atoms with Crippen molar-refractivity contribution < 1.29 is 0 Å². The molecular formula is C17H26N4. The van der Waals surface area contributed by atoms with Gasteiger partial charge < -0.3 is 9.47 Å². The summed E-state index contributed by atoms with van der Waals surface area (Å²) < 4.78 is 2.34. The van der Waals surface area contributed by atoms with Crippen LogP contribution in [-0.4, -0.2) is 38.6 Å². The normalized spacial score (nSPS) is 20.8. The fourth-order valence-electron chi connectivity index (χ4n) is 3.33. The SMILES string of the molecule is CC(C)N1CCC(c2nc3cccnc3n2C(C)(C)C)C1. The molecular weight excluding hydrogens is 260 g/mol. The van der Waals surface area contributed by atoms with Gasteiger partial charge in [0.1, 0.15) is 11.3 Å². The molecule has 21 heavy (non-hydrogen) atoms. The zero-order valence-corrected chi connectivity index (χ0v) is 13.8. The molecule has 1 aliphatic heterocycles. The van der Waals surface area contributed by atoms with Gasteiger partial charge in [-0.25, -0.2) is 9.97 Å². The average molecular weight is 286 g/mol. The maximum atomic E-state index is 4.93. The topological polar surface area (TPSA) is 34.0 Å². The molecule has 0 N–H and O–H groups in total. The van der Waals surface area contributed by atoms with E-state index in [0.717, 1.165) is 17.7 Å². The van der Waals surface area contributed by atoms with Gasteiger partial charge in [0.25, 0.3) is 0 Å². The van der Waals surface area contributed by atoms with E-state index < -0.39 is 0 Å². The highest BCUT2D eigenvalue weighted by Crippen LogP contribution is 2.33. The molecule has 1 saturated heterocycles. The van der Waals surface area contributed by atoms with E-state index in [1.807, 2.05) is 12.3 Å². The first-order valence-corrected chi connectivity index (χ1v) is 7.96. The van der Waals surface area contributed by atoms with Crippen LogP contribution >= 0.6 is 0 Å². The Morgan fingerprint density at radius 2 is 2.05 bits per heavy atom. The smallest absolute Gasteiger partial charge is 0.160 e. The Morgan fingerprint density at radius 3 is 2.67 bits per heavy atom. The molecule has 4 heteroatoms. The second-order valence-electron chi connectivity index (χ2n) is 7.40. The minimum absolute atomic E-state index is 0.00366. The van der Waals surface area contributed by atoms with E-state index in [2.05, 4.69) is 55.1 Å². The van der Waals surface area contributed by atoms with Gasteiger partial charge in [0, 0.05) is 30.2 Å². The first-order chi connectivity index (χ1) is 9.88.